The Morgan fingerprint density at radius 1 is 1.44 bits per heavy atom. The number of nitrogens with one attached hydrogen (secondary N) is 2. The number of nitrogens with zero attached hydrogens (tertiary/aromatic N) is 1. The van der Waals surface area contributed by atoms with Gasteiger partial charge in [-0.3, -0.25) is 4.99 Å². The highest BCUT2D eigenvalue weighted by Crippen LogP contribution is 2.28. The van der Waals surface area contributed by atoms with Gasteiger partial charge in [0.1, 0.15) is 5.75 Å². The standard InChI is InChI=1S/C12H18BrN3O.HI/c1-14-12(15-2)16-8-7-9-5-4-6-10(13)11(9)17-3;/h4-6H,7-8H2,1-3H3,(H2,14,15,16);1H. The van der Waals surface area contributed by atoms with Crippen LogP contribution in [0.1, 0.15) is 5.56 Å². The number of benzene rings is 1. The van der Waals surface area contributed by atoms with E-state index in [2.05, 4.69) is 37.6 Å². The minimum atomic E-state index is 0. The van der Waals surface area contributed by atoms with E-state index in [0.29, 0.717) is 0 Å². The van der Waals surface area contributed by atoms with Gasteiger partial charge < -0.3 is 15.4 Å². The van der Waals surface area contributed by atoms with Gasteiger partial charge in [0.25, 0.3) is 0 Å². The fraction of sp³-hybridized carbons (Fsp3) is 0.417. The van der Waals surface area contributed by atoms with Gasteiger partial charge in [-0.05, 0) is 34.0 Å². The van der Waals surface area contributed by atoms with Gasteiger partial charge in [0.2, 0.25) is 0 Å². The fourth-order valence-corrected chi connectivity index (χ4v) is 2.14. The number of guanidine groups is 1. The van der Waals surface area contributed by atoms with Crippen molar-refractivity contribution in [2.24, 2.45) is 4.99 Å². The Hall–Kier alpha value is -0.500. The quantitative estimate of drug-likeness (QED) is 0.440. The molecular weight excluding hydrogens is 409 g/mol. The minimum Gasteiger partial charge on any atom is -0.495 e. The van der Waals surface area contributed by atoms with Crippen molar-refractivity contribution < 1.29 is 4.74 Å². The summed E-state index contributed by atoms with van der Waals surface area (Å²) in [5.74, 6) is 1.69. The molecule has 1 aromatic rings. The summed E-state index contributed by atoms with van der Waals surface area (Å²) in [6.07, 6.45) is 0.878. The maximum absolute atomic E-state index is 5.37. The third-order valence-electron chi connectivity index (χ3n) is 2.40. The maximum atomic E-state index is 5.37. The molecule has 18 heavy (non-hydrogen) atoms. The molecule has 4 nitrogen and oxygen atoms in total. The molecule has 1 aromatic carbocycles. The second-order valence-electron chi connectivity index (χ2n) is 3.43. The van der Waals surface area contributed by atoms with Crippen molar-refractivity contribution in [1.29, 1.82) is 0 Å². The molecule has 0 atom stereocenters. The van der Waals surface area contributed by atoms with Crippen LogP contribution < -0.4 is 15.4 Å². The second kappa shape index (κ2) is 9.43. The number of para-hydroxylation sites is 1. The van der Waals surface area contributed by atoms with Crippen LogP contribution in [0.5, 0.6) is 5.75 Å². The van der Waals surface area contributed by atoms with Crippen molar-refractivity contribution in [3.05, 3.63) is 28.2 Å². The Labute approximate surface area is 134 Å². The molecule has 0 fully saturated rings. The zero-order chi connectivity index (χ0) is 12.7. The monoisotopic (exact) mass is 427 g/mol. The van der Waals surface area contributed by atoms with Gasteiger partial charge in [0.15, 0.2) is 5.96 Å². The number of hydrogen-bond donors (Lipinski definition) is 2. The van der Waals surface area contributed by atoms with Crippen LogP contribution in [-0.4, -0.2) is 33.7 Å². The highest BCUT2D eigenvalue weighted by Gasteiger charge is 2.06. The summed E-state index contributed by atoms with van der Waals surface area (Å²) in [6, 6.07) is 6.05. The van der Waals surface area contributed by atoms with Crippen molar-refractivity contribution in [3.8, 4) is 5.75 Å². The summed E-state index contributed by atoms with van der Waals surface area (Å²) >= 11 is 3.47. The average molecular weight is 428 g/mol. The number of hydrogen-bond acceptors (Lipinski definition) is 2. The van der Waals surface area contributed by atoms with Crippen molar-refractivity contribution in [1.82, 2.24) is 10.6 Å². The molecule has 2 N–H and O–H groups in total. The Morgan fingerprint density at radius 3 is 2.72 bits per heavy atom. The lowest BCUT2D eigenvalue weighted by atomic mass is 10.1. The molecular formula is C12H19BrIN3O. The molecule has 0 bridgehead atoms. The predicted molar refractivity (Wildman–Crippen MR) is 90.2 cm³/mol. The second-order valence-corrected chi connectivity index (χ2v) is 4.29. The molecule has 0 aliphatic heterocycles. The lowest BCUT2D eigenvalue weighted by Crippen LogP contribution is -2.35. The van der Waals surface area contributed by atoms with Crippen LogP contribution in [0.15, 0.2) is 27.7 Å². The summed E-state index contributed by atoms with van der Waals surface area (Å²) in [6.45, 7) is 0.806. The van der Waals surface area contributed by atoms with Crippen LogP contribution >= 0.6 is 39.9 Å². The van der Waals surface area contributed by atoms with E-state index in [0.717, 1.165) is 29.1 Å². The van der Waals surface area contributed by atoms with E-state index >= 15 is 0 Å². The summed E-state index contributed by atoms with van der Waals surface area (Å²) in [4.78, 5) is 4.05. The molecule has 0 aliphatic rings. The summed E-state index contributed by atoms with van der Waals surface area (Å²) in [5.41, 5.74) is 1.17. The average Bonchev–Trinajstić information content (AvgIpc) is 2.35. The highest BCUT2D eigenvalue weighted by molar-refractivity contribution is 14.0. The Kier molecular flexibility index (Phi) is 9.17. The van der Waals surface area contributed by atoms with Crippen LogP contribution in [0.4, 0.5) is 0 Å². The molecule has 0 saturated heterocycles. The van der Waals surface area contributed by atoms with Gasteiger partial charge in [0.05, 0.1) is 11.6 Å². The molecule has 0 spiro atoms. The molecule has 102 valence electrons. The summed E-state index contributed by atoms with van der Waals surface area (Å²) < 4.78 is 6.35. The molecule has 0 amide bonds. The topological polar surface area (TPSA) is 45.7 Å². The first-order valence-electron chi connectivity index (χ1n) is 5.42. The van der Waals surface area contributed by atoms with Gasteiger partial charge >= 0.3 is 0 Å². The van der Waals surface area contributed by atoms with Gasteiger partial charge in [-0.15, -0.1) is 24.0 Å². The van der Waals surface area contributed by atoms with E-state index in [9.17, 15) is 0 Å². The smallest absolute Gasteiger partial charge is 0.190 e. The molecule has 1 rings (SSSR count). The first-order valence-corrected chi connectivity index (χ1v) is 6.22. The van der Waals surface area contributed by atoms with Crippen molar-refractivity contribution in [2.75, 3.05) is 27.7 Å². The summed E-state index contributed by atoms with van der Waals surface area (Å²) in [5, 5.41) is 6.18. The number of ether oxygens (including phenoxy) is 1. The minimum absolute atomic E-state index is 0. The van der Waals surface area contributed by atoms with E-state index in [1.165, 1.54) is 5.56 Å². The van der Waals surface area contributed by atoms with Crippen molar-refractivity contribution in [3.63, 3.8) is 0 Å². The molecule has 0 aromatic heterocycles. The molecule has 0 heterocycles. The van der Waals surface area contributed by atoms with E-state index in [1.54, 1.807) is 14.2 Å². The molecule has 0 saturated carbocycles. The number of halogens is 2. The van der Waals surface area contributed by atoms with Crippen LogP contribution in [0, 0.1) is 0 Å². The number of aliphatic imine (C=N–C) groups is 1. The lowest BCUT2D eigenvalue weighted by molar-refractivity contribution is 0.407. The fourth-order valence-electron chi connectivity index (χ4n) is 1.57. The largest absolute Gasteiger partial charge is 0.495 e. The highest BCUT2D eigenvalue weighted by atomic mass is 127. The lowest BCUT2D eigenvalue weighted by Gasteiger charge is -2.12. The van der Waals surface area contributed by atoms with E-state index in [-0.39, 0.29) is 24.0 Å². The van der Waals surface area contributed by atoms with Crippen LogP contribution in [0.25, 0.3) is 0 Å². The van der Waals surface area contributed by atoms with Crippen LogP contribution in [-0.2, 0) is 6.42 Å². The van der Waals surface area contributed by atoms with Gasteiger partial charge in [-0.1, -0.05) is 12.1 Å². The van der Waals surface area contributed by atoms with Crippen LogP contribution in [0.2, 0.25) is 0 Å². The molecule has 0 radical (unpaired) electrons. The van der Waals surface area contributed by atoms with E-state index in [1.807, 2.05) is 19.2 Å². The first kappa shape index (κ1) is 17.5. The van der Waals surface area contributed by atoms with Gasteiger partial charge in [-0.2, -0.15) is 0 Å². The summed E-state index contributed by atoms with van der Waals surface area (Å²) in [7, 11) is 5.27. The molecule has 6 heteroatoms. The Bertz CT molecular complexity index is 399. The zero-order valence-corrected chi connectivity index (χ0v) is 14.7. The van der Waals surface area contributed by atoms with Gasteiger partial charge in [-0.25, -0.2) is 0 Å². The molecule has 0 aliphatic carbocycles. The third-order valence-corrected chi connectivity index (χ3v) is 3.02. The Balaban J connectivity index is 0.00000289. The van der Waals surface area contributed by atoms with E-state index in [4.69, 9.17) is 4.74 Å². The van der Waals surface area contributed by atoms with Crippen molar-refractivity contribution >= 4 is 45.9 Å². The van der Waals surface area contributed by atoms with Gasteiger partial charge in [0, 0.05) is 20.6 Å². The zero-order valence-electron chi connectivity index (χ0n) is 10.8. The Morgan fingerprint density at radius 2 is 2.17 bits per heavy atom. The predicted octanol–water partition coefficient (Wildman–Crippen LogP) is 2.41. The third kappa shape index (κ3) is 5.01. The molecule has 0 unspecified atom stereocenters. The van der Waals surface area contributed by atoms with Crippen LogP contribution in [0.3, 0.4) is 0 Å². The maximum Gasteiger partial charge on any atom is 0.190 e. The number of rotatable bonds is 4. The van der Waals surface area contributed by atoms with Crippen molar-refractivity contribution in [2.45, 2.75) is 6.42 Å². The van der Waals surface area contributed by atoms with E-state index < -0.39 is 0 Å². The number of methoxy groups -OCH3 is 1. The first-order chi connectivity index (χ1) is 8.22. The SMILES string of the molecule is CN=C(NC)NCCc1cccc(Br)c1OC.I. The normalized spacial score (nSPS) is 10.6.